The van der Waals surface area contributed by atoms with Gasteiger partial charge in [-0.1, -0.05) is 13.3 Å². The Morgan fingerprint density at radius 3 is 2.48 bits per heavy atom. The van der Waals surface area contributed by atoms with Gasteiger partial charge in [-0.25, -0.2) is 4.79 Å². The van der Waals surface area contributed by atoms with E-state index in [2.05, 4.69) is 10.6 Å². The Kier molecular flexibility index (Phi) is 7.40. The number of amides is 2. The molecule has 2 saturated heterocycles. The van der Waals surface area contributed by atoms with E-state index in [1.807, 2.05) is 18.7 Å². The predicted octanol–water partition coefficient (Wildman–Crippen LogP) is 2.82. The van der Waals surface area contributed by atoms with Crippen LogP contribution in [-0.4, -0.2) is 40.7 Å². The molecule has 0 aromatic rings. The third kappa shape index (κ3) is 5.83. The van der Waals surface area contributed by atoms with Crippen molar-refractivity contribution in [1.82, 2.24) is 10.6 Å². The molecule has 2 aliphatic heterocycles. The van der Waals surface area contributed by atoms with Gasteiger partial charge in [-0.05, 0) is 25.7 Å². The normalized spacial score (nSPS) is 25.8. The number of ketones is 2. The molecule has 0 aromatic heterocycles. The van der Waals surface area contributed by atoms with Crippen LogP contribution in [0.25, 0.3) is 0 Å². The van der Waals surface area contributed by atoms with Crippen LogP contribution in [0.1, 0.15) is 64.7 Å². The van der Waals surface area contributed by atoms with Gasteiger partial charge in [0.2, 0.25) is 0 Å². The van der Waals surface area contributed by atoms with Crippen LogP contribution in [0.5, 0.6) is 0 Å². The second kappa shape index (κ2) is 9.30. The Bertz CT molecular complexity index is 442. The van der Waals surface area contributed by atoms with Crippen LogP contribution in [0.4, 0.5) is 4.79 Å². The molecule has 0 spiro atoms. The fraction of sp³-hybridized carbons (Fsp3) is 0.824. The molecule has 5 nitrogen and oxygen atoms in total. The van der Waals surface area contributed by atoms with Crippen molar-refractivity contribution in [2.24, 2.45) is 0 Å². The van der Waals surface area contributed by atoms with E-state index in [1.54, 1.807) is 0 Å². The van der Waals surface area contributed by atoms with Gasteiger partial charge >= 0.3 is 6.03 Å². The van der Waals surface area contributed by atoms with E-state index in [0.717, 1.165) is 31.4 Å². The number of thioether (sulfide) groups is 1. The first-order valence-electron chi connectivity index (χ1n) is 8.82. The molecule has 2 heterocycles. The Hall–Kier alpha value is -1.04. The SMILES string of the molecule is CCCC(=O)CCCC(=O)CCCC[C@@H]1SC[C@@H]2NC(=O)N[C@@H]21. The van der Waals surface area contributed by atoms with E-state index in [0.29, 0.717) is 37.4 Å². The van der Waals surface area contributed by atoms with Gasteiger partial charge in [0.15, 0.2) is 0 Å². The number of nitrogens with one attached hydrogen (secondary N) is 2. The summed E-state index contributed by atoms with van der Waals surface area (Å²) in [4.78, 5) is 34.5. The summed E-state index contributed by atoms with van der Waals surface area (Å²) < 4.78 is 0. The summed E-state index contributed by atoms with van der Waals surface area (Å²) >= 11 is 1.92. The minimum Gasteiger partial charge on any atom is -0.332 e. The fourth-order valence-electron chi connectivity index (χ4n) is 3.32. The zero-order valence-corrected chi connectivity index (χ0v) is 14.8. The lowest BCUT2D eigenvalue weighted by atomic mass is 10.0. The molecule has 0 saturated carbocycles. The van der Waals surface area contributed by atoms with Crippen LogP contribution >= 0.6 is 11.8 Å². The summed E-state index contributed by atoms with van der Waals surface area (Å²) in [5, 5.41) is 6.41. The van der Waals surface area contributed by atoms with E-state index in [-0.39, 0.29) is 29.7 Å². The predicted molar refractivity (Wildman–Crippen MR) is 92.7 cm³/mol. The molecular weight excluding hydrogens is 312 g/mol. The monoisotopic (exact) mass is 340 g/mol. The minimum atomic E-state index is -0.0434. The second-order valence-electron chi connectivity index (χ2n) is 6.55. The zero-order valence-electron chi connectivity index (χ0n) is 13.9. The van der Waals surface area contributed by atoms with Crippen molar-refractivity contribution in [3.05, 3.63) is 0 Å². The second-order valence-corrected chi connectivity index (χ2v) is 7.82. The third-order valence-electron chi connectivity index (χ3n) is 4.57. The van der Waals surface area contributed by atoms with Crippen LogP contribution in [0, 0.1) is 0 Å². The number of hydrogen-bond acceptors (Lipinski definition) is 4. The average molecular weight is 340 g/mol. The molecule has 0 aromatic carbocycles. The first-order chi connectivity index (χ1) is 11.1. The van der Waals surface area contributed by atoms with Gasteiger partial charge in [-0.2, -0.15) is 11.8 Å². The molecular formula is C17H28N2O3S. The number of carbonyl (C=O) groups is 3. The number of Topliss-reactive ketones (excluding diaryl/α,β-unsaturated/α-hetero) is 2. The Balaban J connectivity index is 1.51. The average Bonchev–Trinajstić information content (AvgIpc) is 3.03. The van der Waals surface area contributed by atoms with Gasteiger partial charge in [-0.3, -0.25) is 9.59 Å². The molecule has 130 valence electrons. The smallest absolute Gasteiger partial charge is 0.315 e. The van der Waals surface area contributed by atoms with Crippen LogP contribution in [0.3, 0.4) is 0 Å². The summed E-state index contributed by atoms with van der Waals surface area (Å²) in [6.07, 6.45) is 6.94. The molecule has 2 aliphatic rings. The van der Waals surface area contributed by atoms with Crippen molar-refractivity contribution in [3.63, 3.8) is 0 Å². The Morgan fingerprint density at radius 2 is 1.74 bits per heavy atom. The summed E-state index contributed by atoms with van der Waals surface area (Å²) in [5.74, 6) is 1.54. The Morgan fingerprint density at radius 1 is 1.04 bits per heavy atom. The molecule has 6 heteroatoms. The van der Waals surface area contributed by atoms with Gasteiger partial charge < -0.3 is 10.6 Å². The molecule has 2 fully saturated rings. The molecule has 0 radical (unpaired) electrons. The van der Waals surface area contributed by atoms with Crippen LogP contribution in [0.15, 0.2) is 0 Å². The lowest BCUT2D eigenvalue weighted by Gasteiger charge is -2.16. The highest BCUT2D eigenvalue weighted by Crippen LogP contribution is 2.33. The molecule has 3 atom stereocenters. The molecule has 0 bridgehead atoms. The van der Waals surface area contributed by atoms with Gasteiger partial charge in [-0.15, -0.1) is 0 Å². The first-order valence-corrected chi connectivity index (χ1v) is 9.87. The molecule has 2 rings (SSSR count). The third-order valence-corrected chi connectivity index (χ3v) is 6.08. The number of rotatable bonds is 11. The van der Waals surface area contributed by atoms with E-state index in [1.165, 1.54) is 0 Å². The standard InChI is InChI=1S/C17H28N2O3S/c1-2-6-12(20)8-5-9-13(21)7-3-4-10-15-16-14(11-23-15)18-17(22)19-16/h14-16H,2-11H2,1H3,(H2,18,19,22)/t14-,15-,16-/m0/s1. The van der Waals surface area contributed by atoms with E-state index in [9.17, 15) is 14.4 Å². The van der Waals surface area contributed by atoms with Crippen LogP contribution < -0.4 is 10.6 Å². The minimum absolute atomic E-state index is 0.0434. The van der Waals surface area contributed by atoms with Crippen molar-refractivity contribution in [1.29, 1.82) is 0 Å². The van der Waals surface area contributed by atoms with Gasteiger partial charge in [0.1, 0.15) is 11.6 Å². The molecule has 2 N–H and O–H groups in total. The van der Waals surface area contributed by atoms with E-state index < -0.39 is 0 Å². The maximum absolute atomic E-state index is 11.8. The summed E-state index contributed by atoms with van der Waals surface area (Å²) in [6, 6.07) is 0.491. The topological polar surface area (TPSA) is 75.3 Å². The number of fused-ring (bicyclic) bond motifs is 1. The highest BCUT2D eigenvalue weighted by molar-refractivity contribution is 8.00. The number of carbonyl (C=O) groups excluding carboxylic acids is 3. The number of urea groups is 1. The number of hydrogen-bond donors (Lipinski definition) is 2. The summed E-state index contributed by atoms with van der Waals surface area (Å²) in [7, 11) is 0. The van der Waals surface area contributed by atoms with Crippen molar-refractivity contribution in [2.45, 2.75) is 82.0 Å². The molecule has 0 aliphatic carbocycles. The van der Waals surface area contributed by atoms with Crippen molar-refractivity contribution >= 4 is 29.4 Å². The van der Waals surface area contributed by atoms with Crippen molar-refractivity contribution in [3.8, 4) is 0 Å². The first kappa shape index (κ1) is 18.3. The Labute approximate surface area is 142 Å². The fourth-order valence-corrected chi connectivity index (χ4v) is 4.87. The molecule has 0 unspecified atom stereocenters. The molecule has 2 amide bonds. The van der Waals surface area contributed by atoms with Gasteiger partial charge in [0.05, 0.1) is 12.1 Å². The lowest BCUT2D eigenvalue weighted by molar-refractivity contribution is -0.120. The van der Waals surface area contributed by atoms with Crippen LogP contribution in [-0.2, 0) is 9.59 Å². The van der Waals surface area contributed by atoms with Crippen molar-refractivity contribution < 1.29 is 14.4 Å². The summed E-state index contributed by atoms with van der Waals surface area (Å²) in [5.41, 5.74) is 0. The molecule has 23 heavy (non-hydrogen) atoms. The maximum atomic E-state index is 11.8. The largest absolute Gasteiger partial charge is 0.332 e. The van der Waals surface area contributed by atoms with Crippen molar-refractivity contribution in [2.75, 3.05) is 5.75 Å². The highest BCUT2D eigenvalue weighted by atomic mass is 32.2. The van der Waals surface area contributed by atoms with E-state index >= 15 is 0 Å². The maximum Gasteiger partial charge on any atom is 0.315 e. The number of unbranched alkanes of at least 4 members (excludes halogenated alkanes) is 1. The van der Waals surface area contributed by atoms with Crippen LogP contribution in [0.2, 0.25) is 0 Å². The lowest BCUT2D eigenvalue weighted by Crippen LogP contribution is -2.36. The quantitative estimate of drug-likeness (QED) is 0.448. The van der Waals surface area contributed by atoms with Gasteiger partial charge in [0.25, 0.3) is 0 Å². The summed E-state index contributed by atoms with van der Waals surface area (Å²) in [6.45, 7) is 2.00. The highest BCUT2D eigenvalue weighted by Gasteiger charge is 2.42. The van der Waals surface area contributed by atoms with Gasteiger partial charge in [0, 0.05) is 36.7 Å². The van der Waals surface area contributed by atoms with E-state index in [4.69, 9.17) is 0 Å². The zero-order chi connectivity index (χ0) is 16.7.